The first kappa shape index (κ1) is 8.41. The Bertz CT molecular complexity index is 330. The van der Waals surface area contributed by atoms with Crippen LogP contribution in [0.2, 0.25) is 0 Å². The van der Waals surface area contributed by atoms with Gasteiger partial charge in [0.2, 0.25) is 0 Å². The van der Waals surface area contributed by atoms with E-state index in [1.54, 1.807) is 0 Å². The van der Waals surface area contributed by atoms with E-state index in [0.29, 0.717) is 5.92 Å². The summed E-state index contributed by atoms with van der Waals surface area (Å²) in [4.78, 5) is 0. The molecular formula is C10H15N3O. The van der Waals surface area contributed by atoms with Gasteiger partial charge < -0.3 is 9.30 Å². The lowest BCUT2D eigenvalue weighted by molar-refractivity contribution is 0.139. The standard InChI is InChI=1S/C10H15N3O/c1-2-8(3-1)10-12-11-9-4-6-14-7-5-13(9)10/h8H,1-7H2. The fourth-order valence-corrected chi connectivity index (χ4v) is 2.17. The van der Waals surface area contributed by atoms with Gasteiger partial charge >= 0.3 is 0 Å². The van der Waals surface area contributed by atoms with Gasteiger partial charge in [0.1, 0.15) is 11.6 Å². The molecule has 1 fully saturated rings. The van der Waals surface area contributed by atoms with Crippen molar-refractivity contribution >= 4 is 0 Å². The van der Waals surface area contributed by atoms with Crippen LogP contribution in [0.15, 0.2) is 0 Å². The highest BCUT2D eigenvalue weighted by Gasteiger charge is 2.26. The second-order valence-electron chi connectivity index (χ2n) is 4.12. The van der Waals surface area contributed by atoms with Crippen LogP contribution in [0, 0.1) is 0 Å². The SMILES string of the molecule is C1CC(c2nnc3n2CCOCC3)C1. The van der Waals surface area contributed by atoms with Gasteiger partial charge in [0.25, 0.3) is 0 Å². The molecule has 0 atom stereocenters. The average Bonchev–Trinajstić information content (AvgIpc) is 2.36. The Balaban J connectivity index is 1.92. The van der Waals surface area contributed by atoms with Crippen LogP contribution >= 0.6 is 0 Å². The second-order valence-corrected chi connectivity index (χ2v) is 4.12. The van der Waals surface area contributed by atoms with Crippen molar-refractivity contribution in [1.29, 1.82) is 0 Å². The van der Waals surface area contributed by atoms with Gasteiger partial charge in [-0.2, -0.15) is 0 Å². The van der Waals surface area contributed by atoms with E-state index >= 15 is 0 Å². The number of hydrogen-bond donors (Lipinski definition) is 0. The lowest BCUT2D eigenvalue weighted by atomic mass is 9.85. The summed E-state index contributed by atoms with van der Waals surface area (Å²) in [6.07, 6.45) is 4.85. The molecule has 0 amide bonds. The highest BCUT2D eigenvalue weighted by atomic mass is 16.5. The van der Waals surface area contributed by atoms with Crippen LogP contribution in [0.3, 0.4) is 0 Å². The summed E-state index contributed by atoms with van der Waals surface area (Å²) in [5.74, 6) is 3.00. The third-order valence-corrected chi connectivity index (χ3v) is 3.26. The maximum Gasteiger partial charge on any atom is 0.136 e. The van der Waals surface area contributed by atoms with Gasteiger partial charge in [-0.15, -0.1) is 10.2 Å². The van der Waals surface area contributed by atoms with Crippen LogP contribution in [0.4, 0.5) is 0 Å². The van der Waals surface area contributed by atoms with Crippen molar-refractivity contribution < 1.29 is 4.74 Å². The minimum Gasteiger partial charge on any atom is -0.379 e. The summed E-state index contributed by atoms with van der Waals surface area (Å²) in [6.45, 7) is 2.54. The molecule has 1 aromatic rings. The van der Waals surface area contributed by atoms with Crippen molar-refractivity contribution in [3.63, 3.8) is 0 Å². The molecule has 2 heterocycles. The summed E-state index contributed by atoms with van der Waals surface area (Å²) in [6, 6.07) is 0. The van der Waals surface area contributed by atoms with Crippen molar-refractivity contribution in [3.05, 3.63) is 11.6 Å². The largest absolute Gasteiger partial charge is 0.379 e. The number of hydrogen-bond acceptors (Lipinski definition) is 3. The van der Waals surface area contributed by atoms with Crippen LogP contribution < -0.4 is 0 Å². The average molecular weight is 193 g/mol. The molecule has 3 rings (SSSR count). The van der Waals surface area contributed by atoms with Gasteiger partial charge in [0.15, 0.2) is 0 Å². The van der Waals surface area contributed by atoms with Crippen molar-refractivity contribution in [3.8, 4) is 0 Å². The van der Waals surface area contributed by atoms with Crippen molar-refractivity contribution in [2.24, 2.45) is 0 Å². The zero-order valence-corrected chi connectivity index (χ0v) is 8.28. The van der Waals surface area contributed by atoms with E-state index in [-0.39, 0.29) is 0 Å². The Hall–Kier alpha value is -0.900. The highest BCUT2D eigenvalue weighted by Crippen LogP contribution is 2.35. The molecule has 0 unspecified atom stereocenters. The summed E-state index contributed by atoms with van der Waals surface area (Å²) < 4.78 is 7.71. The van der Waals surface area contributed by atoms with Crippen LogP contribution in [0.25, 0.3) is 0 Å². The third kappa shape index (κ3) is 1.25. The number of rotatable bonds is 1. The predicted molar refractivity (Wildman–Crippen MR) is 51.1 cm³/mol. The topological polar surface area (TPSA) is 39.9 Å². The van der Waals surface area contributed by atoms with Crippen LogP contribution in [0.1, 0.15) is 36.8 Å². The zero-order chi connectivity index (χ0) is 9.38. The smallest absolute Gasteiger partial charge is 0.136 e. The summed E-state index contributed by atoms with van der Waals surface area (Å²) in [5.41, 5.74) is 0. The van der Waals surface area contributed by atoms with Crippen LogP contribution in [0.5, 0.6) is 0 Å². The summed E-state index contributed by atoms with van der Waals surface area (Å²) in [7, 11) is 0. The molecule has 0 N–H and O–H groups in total. The van der Waals surface area contributed by atoms with Crippen molar-refractivity contribution in [2.45, 2.75) is 38.1 Å². The molecule has 2 aliphatic rings. The van der Waals surface area contributed by atoms with Gasteiger partial charge in [-0.05, 0) is 12.8 Å². The first-order chi connectivity index (χ1) is 6.95. The van der Waals surface area contributed by atoms with E-state index in [9.17, 15) is 0 Å². The van der Waals surface area contributed by atoms with E-state index in [4.69, 9.17) is 4.74 Å². The van der Waals surface area contributed by atoms with E-state index in [1.165, 1.54) is 25.1 Å². The van der Waals surface area contributed by atoms with E-state index in [2.05, 4.69) is 14.8 Å². The van der Waals surface area contributed by atoms with Gasteiger partial charge in [-0.25, -0.2) is 0 Å². The Labute approximate surface area is 83.3 Å². The molecule has 14 heavy (non-hydrogen) atoms. The fraction of sp³-hybridized carbons (Fsp3) is 0.800. The molecule has 1 saturated carbocycles. The highest BCUT2D eigenvalue weighted by molar-refractivity contribution is 5.06. The summed E-state index contributed by atoms with van der Waals surface area (Å²) in [5, 5.41) is 8.57. The summed E-state index contributed by atoms with van der Waals surface area (Å²) >= 11 is 0. The molecule has 0 radical (unpaired) electrons. The molecule has 1 aromatic heterocycles. The van der Waals surface area contributed by atoms with E-state index in [1.807, 2.05) is 0 Å². The molecule has 0 bridgehead atoms. The minimum absolute atomic E-state index is 0.675. The quantitative estimate of drug-likeness (QED) is 0.671. The van der Waals surface area contributed by atoms with Crippen molar-refractivity contribution in [1.82, 2.24) is 14.8 Å². The number of ether oxygens (including phenoxy) is 1. The second kappa shape index (κ2) is 3.35. The number of nitrogens with zero attached hydrogens (tertiary/aromatic N) is 3. The lowest BCUT2D eigenvalue weighted by Crippen LogP contribution is -2.17. The monoisotopic (exact) mass is 193 g/mol. The molecule has 4 heteroatoms. The van der Waals surface area contributed by atoms with Gasteiger partial charge in [0.05, 0.1) is 13.2 Å². The van der Waals surface area contributed by atoms with Crippen LogP contribution in [-0.2, 0) is 17.7 Å². The van der Waals surface area contributed by atoms with E-state index in [0.717, 1.165) is 32.0 Å². The Kier molecular flexibility index (Phi) is 2.01. The van der Waals surface area contributed by atoms with Gasteiger partial charge in [-0.1, -0.05) is 6.42 Å². The van der Waals surface area contributed by atoms with Gasteiger partial charge in [-0.3, -0.25) is 0 Å². The van der Waals surface area contributed by atoms with Crippen LogP contribution in [-0.4, -0.2) is 28.0 Å². The lowest BCUT2D eigenvalue weighted by Gasteiger charge is -2.24. The molecule has 0 aromatic carbocycles. The molecule has 4 nitrogen and oxygen atoms in total. The molecule has 1 aliphatic carbocycles. The molecule has 0 saturated heterocycles. The molecule has 1 aliphatic heterocycles. The molecular weight excluding hydrogens is 178 g/mol. The Morgan fingerprint density at radius 1 is 1.21 bits per heavy atom. The van der Waals surface area contributed by atoms with Crippen molar-refractivity contribution in [2.75, 3.05) is 13.2 Å². The normalized spacial score (nSPS) is 22.6. The maximum absolute atomic E-state index is 5.43. The number of aromatic nitrogens is 3. The third-order valence-electron chi connectivity index (χ3n) is 3.26. The fourth-order valence-electron chi connectivity index (χ4n) is 2.17. The van der Waals surface area contributed by atoms with E-state index < -0.39 is 0 Å². The van der Waals surface area contributed by atoms with Gasteiger partial charge in [0, 0.05) is 18.9 Å². The first-order valence-electron chi connectivity index (χ1n) is 5.45. The first-order valence-corrected chi connectivity index (χ1v) is 5.45. The number of fused-ring (bicyclic) bond motifs is 1. The minimum atomic E-state index is 0.675. The molecule has 76 valence electrons. The Morgan fingerprint density at radius 2 is 2.14 bits per heavy atom. The zero-order valence-electron chi connectivity index (χ0n) is 8.28. The predicted octanol–water partition coefficient (Wildman–Crippen LogP) is 1.12. The maximum atomic E-state index is 5.43. The Morgan fingerprint density at radius 3 is 2.93 bits per heavy atom. The molecule has 0 spiro atoms.